The van der Waals surface area contributed by atoms with E-state index in [4.69, 9.17) is 0 Å². The summed E-state index contributed by atoms with van der Waals surface area (Å²) in [6, 6.07) is 11.8. The summed E-state index contributed by atoms with van der Waals surface area (Å²) >= 11 is 4.26. The normalized spacial score (nSPS) is 10.1. The number of thiol groups is 1. The maximum atomic E-state index is 4.26. The van der Waals surface area contributed by atoms with Crippen molar-refractivity contribution in [2.24, 2.45) is 0 Å². The van der Waals surface area contributed by atoms with Crippen molar-refractivity contribution in [1.29, 1.82) is 0 Å². The molecule has 0 atom stereocenters. The van der Waals surface area contributed by atoms with Crippen LogP contribution in [0.15, 0.2) is 47.6 Å². The first kappa shape index (κ1) is 7.43. The zero-order chi connectivity index (χ0) is 8.39. The molecule has 1 aromatic heterocycles. The number of hydrogen-bond donors (Lipinski definition) is 1. The van der Waals surface area contributed by atoms with Crippen molar-refractivity contribution < 1.29 is 0 Å². The standard InChI is InChI=1S/C9H8N2S/c12-9-6-7-10-11(9)8-4-2-1-3-5-8/h1-7,12H. The highest BCUT2D eigenvalue weighted by Gasteiger charge is 1.98. The van der Waals surface area contributed by atoms with Crippen LogP contribution in [0.3, 0.4) is 0 Å². The molecule has 0 unspecified atom stereocenters. The lowest BCUT2D eigenvalue weighted by atomic mass is 10.3. The highest BCUT2D eigenvalue weighted by molar-refractivity contribution is 7.80. The van der Waals surface area contributed by atoms with Gasteiger partial charge in [-0.25, -0.2) is 4.68 Å². The van der Waals surface area contributed by atoms with E-state index in [1.807, 2.05) is 36.4 Å². The van der Waals surface area contributed by atoms with Crippen LogP contribution in [0.5, 0.6) is 0 Å². The summed E-state index contributed by atoms with van der Waals surface area (Å²) in [5.41, 5.74) is 1.03. The van der Waals surface area contributed by atoms with Crippen molar-refractivity contribution in [1.82, 2.24) is 9.78 Å². The summed E-state index contributed by atoms with van der Waals surface area (Å²) in [7, 11) is 0. The molecule has 0 fully saturated rings. The minimum atomic E-state index is 0.848. The van der Waals surface area contributed by atoms with Crippen LogP contribution >= 0.6 is 12.6 Å². The zero-order valence-corrected chi connectivity index (χ0v) is 7.28. The van der Waals surface area contributed by atoms with Gasteiger partial charge in [0.15, 0.2) is 0 Å². The van der Waals surface area contributed by atoms with E-state index in [2.05, 4.69) is 17.7 Å². The molecule has 0 N–H and O–H groups in total. The molecule has 0 aliphatic heterocycles. The third-order valence-corrected chi connectivity index (χ3v) is 1.96. The van der Waals surface area contributed by atoms with Crippen LogP contribution in [0.1, 0.15) is 0 Å². The first-order valence-electron chi connectivity index (χ1n) is 3.66. The highest BCUT2D eigenvalue weighted by Crippen LogP contribution is 2.11. The molecule has 1 aromatic carbocycles. The van der Waals surface area contributed by atoms with E-state index >= 15 is 0 Å². The maximum absolute atomic E-state index is 4.26. The molecule has 60 valence electrons. The lowest BCUT2D eigenvalue weighted by molar-refractivity contribution is 0.806. The average Bonchev–Trinajstić information content (AvgIpc) is 2.53. The molecule has 0 aliphatic rings. The van der Waals surface area contributed by atoms with E-state index in [-0.39, 0.29) is 0 Å². The highest BCUT2D eigenvalue weighted by atomic mass is 32.1. The average molecular weight is 176 g/mol. The predicted octanol–water partition coefficient (Wildman–Crippen LogP) is 2.16. The van der Waals surface area contributed by atoms with Gasteiger partial charge in [0.25, 0.3) is 0 Å². The van der Waals surface area contributed by atoms with Gasteiger partial charge in [0.2, 0.25) is 0 Å². The molecule has 12 heavy (non-hydrogen) atoms. The summed E-state index contributed by atoms with van der Waals surface area (Å²) in [5, 5.41) is 4.97. The number of hydrogen-bond acceptors (Lipinski definition) is 2. The van der Waals surface area contributed by atoms with Gasteiger partial charge in [0.1, 0.15) is 0 Å². The van der Waals surface area contributed by atoms with Crippen LogP contribution in [-0.4, -0.2) is 9.78 Å². The summed E-state index contributed by atoms with van der Waals surface area (Å²) in [5.74, 6) is 0. The van der Waals surface area contributed by atoms with Crippen molar-refractivity contribution in [2.75, 3.05) is 0 Å². The van der Waals surface area contributed by atoms with E-state index in [0.717, 1.165) is 10.7 Å². The number of rotatable bonds is 1. The Balaban J connectivity index is 2.51. The van der Waals surface area contributed by atoms with Gasteiger partial charge in [-0.3, -0.25) is 0 Å². The quantitative estimate of drug-likeness (QED) is 0.659. The molecule has 2 aromatic rings. The molecule has 2 nitrogen and oxygen atoms in total. The van der Waals surface area contributed by atoms with E-state index in [0.29, 0.717) is 0 Å². The number of benzene rings is 1. The van der Waals surface area contributed by atoms with Gasteiger partial charge >= 0.3 is 0 Å². The van der Waals surface area contributed by atoms with Crippen molar-refractivity contribution in [3.05, 3.63) is 42.6 Å². The first-order chi connectivity index (χ1) is 5.88. The summed E-state index contributed by atoms with van der Waals surface area (Å²) in [6.45, 7) is 0. The van der Waals surface area contributed by atoms with Crippen LogP contribution in [0.2, 0.25) is 0 Å². The molecule has 0 bridgehead atoms. The van der Waals surface area contributed by atoms with Gasteiger partial charge in [-0.2, -0.15) is 5.10 Å². The lowest BCUT2D eigenvalue weighted by Crippen LogP contribution is -1.95. The Morgan fingerprint density at radius 1 is 1.08 bits per heavy atom. The first-order valence-corrected chi connectivity index (χ1v) is 4.11. The van der Waals surface area contributed by atoms with Crippen LogP contribution in [-0.2, 0) is 0 Å². The molecule has 0 spiro atoms. The fraction of sp³-hybridized carbons (Fsp3) is 0. The Kier molecular flexibility index (Phi) is 1.87. The fourth-order valence-electron chi connectivity index (χ4n) is 1.06. The van der Waals surface area contributed by atoms with Crippen molar-refractivity contribution in [3.8, 4) is 5.69 Å². The largest absolute Gasteiger partial charge is 0.228 e. The molecule has 0 amide bonds. The van der Waals surface area contributed by atoms with Gasteiger partial charge in [0, 0.05) is 0 Å². The fourth-order valence-corrected chi connectivity index (χ4v) is 1.30. The Morgan fingerprint density at radius 2 is 1.83 bits per heavy atom. The topological polar surface area (TPSA) is 17.8 Å². The molecule has 0 saturated carbocycles. The predicted molar refractivity (Wildman–Crippen MR) is 50.8 cm³/mol. The van der Waals surface area contributed by atoms with Gasteiger partial charge in [0.05, 0.1) is 16.9 Å². The third-order valence-electron chi connectivity index (χ3n) is 1.62. The third kappa shape index (κ3) is 1.23. The van der Waals surface area contributed by atoms with Crippen LogP contribution in [0, 0.1) is 0 Å². The Labute approximate surface area is 76.3 Å². The molecular weight excluding hydrogens is 168 g/mol. The molecule has 1 heterocycles. The van der Waals surface area contributed by atoms with E-state index in [1.54, 1.807) is 10.9 Å². The molecular formula is C9H8N2S. The number of para-hydroxylation sites is 1. The van der Waals surface area contributed by atoms with Crippen LogP contribution in [0.4, 0.5) is 0 Å². The van der Waals surface area contributed by atoms with Crippen molar-refractivity contribution >= 4 is 12.6 Å². The minimum Gasteiger partial charge on any atom is -0.228 e. The molecule has 0 aliphatic carbocycles. The summed E-state index contributed by atoms with van der Waals surface area (Å²) < 4.78 is 1.78. The molecule has 2 rings (SSSR count). The Morgan fingerprint density at radius 3 is 2.42 bits per heavy atom. The van der Waals surface area contributed by atoms with E-state index in [9.17, 15) is 0 Å². The van der Waals surface area contributed by atoms with Gasteiger partial charge in [-0.05, 0) is 18.2 Å². The van der Waals surface area contributed by atoms with Crippen LogP contribution < -0.4 is 0 Å². The van der Waals surface area contributed by atoms with Crippen molar-refractivity contribution in [3.63, 3.8) is 0 Å². The van der Waals surface area contributed by atoms with E-state index < -0.39 is 0 Å². The zero-order valence-electron chi connectivity index (χ0n) is 6.38. The van der Waals surface area contributed by atoms with E-state index in [1.165, 1.54) is 0 Å². The minimum absolute atomic E-state index is 0.848. The van der Waals surface area contributed by atoms with Gasteiger partial charge in [-0.15, -0.1) is 12.6 Å². The molecule has 0 saturated heterocycles. The second-order valence-corrected chi connectivity index (χ2v) is 2.89. The monoisotopic (exact) mass is 176 g/mol. The second-order valence-electron chi connectivity index (χ2n) is 2.44. The molecule has 3 heteroatoms. The Hall–Kier alpha value is -1.22. The lowest BCUT2D eigenvalue weighted by Gasteiger charge is -2.01. The molecule has 0 radical (unpaired) electrons. The van der Waals surface area contributed by atoms with Gasteiger partial charge in [-0.1, -0.05) is 18.2 Å². The number of aromatic nitrogens is 2. The maximum Gasteiger partial charge on any atom is 0.0968 e. The smallest absolute Gasteiger partial charge is 0.0968 e. The second kappa shape index (κ2) is 3.03. The SMILES string of the molecule is Sc1ccnn1-c1ccccc1. The Bertz CT molecular complexity index is 367. The van der Waals surface area contributed by atoms with Crippen molar-refractivity contribution in [2.45, 2.75) is 5.03 Å². The summed E-state index contributed by atoms with van der Waals surface area (Å²) in [4.78, 5) is 0. The van der Waals surface area contributed by atoms with Crippen LogP contribution in [0.25, 0.3) is 5.69 Å². The summed E-state index contributed by atoms with van der Waals surface area (Å²) in [6.07, 6.45) is 1.73. The number of nitrogens with zero attached hydrogens (tertiary/aromatic N) is 2. The van der Waals surface area contributed by atoms with Gasteiger partial charge < -0.3 is 0 Å².